The van der Waals surface area contributed by atoms with Crippen LogP contribution in [-0.2, 0) is 4.74 Å². The summed E-state index contributed by atoms with van der Waals surface area (Å²) in [5, 5.41) is 17.8. The predicted molar refractivity (Wildman–Crippen MR) is 148 cm³/mol. The Kier molecular flexibility index (Phi) is 7.90. The average molecular weight is 550 g/mol. The Balaban J connectivity index is 1.32. The Morgan fingerprint density at radius 3 is 2.60 bits per heavy atom. The molecule has 40 heavy (non-hydrogen) atoms. The van der Waals surface area contributed by atoms with Crippen molar-refractivity contribution in [1.29, 1.82) is 0 Å². The van der Waals surface area contributed by atoms with Crippen molar-refractivity contribution in [2.75, 3.05) is 13.2 Å². The second-order valence-corrected chi connectivity index (χ2v) is 11.3. The molecule has 2 heterocycles. The number of benzene rings is 2. The van der Waals surface area contributed by atoms with Crippen molar-refractivity contribution in [1.82, 2.24) is 20.4 Å². The molecule has 0 spiro atoms. The number of aliphatic imine (C=N–C) groups is 1. The highest BCUT2D eigenvalue weighted by molar-refractivity contribution is 5.98. The van der Waals surface area contributed by atoms with Crippen LogP contribution >= 0.6 is 0 Å². The first-order valence-corrected chi connectivity index (χ1v) is 13.7. The van der Waals surface area contributed by atoms with Gasteiger partial charge in [-0.2, -0.15) is 4.98 Å². The van der Waals surface area contributed by atoms with Gasteiger partial charge in [0.05, 0.1) is 6.61 Å². The van der Waals surface area contributed by atoms with Gasteiger partial charge in [-0.15, -0.1) is 4.99 Å². The molecule has 1 aliphatic carbocycles. The monoisotopic (exact) mass is 549 g/mol. The van der Waals surface area contributed by atoms with Crippen molar-refractivity contribution in [3.63, 3.8) is 0 Å². The number of rotatable bonds is 5. The van der Waals surface area contributed by atoms with E-state index in [1.54, 1.807) is 25.7 Å². The minimum absolute atomic E-state index is 0.138. The maximum atomic E-state index is 12.3. The van der Waals surface area contributed by atoms with Gasteiger partial charge in [0.25, 0.3) is 0 Å². The molecule has 5 rings (SSSR count). The van der Waals surface area contributed by atoms with Crippen molar-refractivity contribution in [3.05, 3.63) is 42.3 Å². The van der Waals surface area contributed by atoms with E-state index in [9.17, 15) is 14.7 Å². The van der Waals surface area contributed by atoms with Crippen molar-refractivity contribution in [2.45, 2.75) is 70.9 Å². The topological polar surface area (TPSA) is 139 Å². The summed E-state index contributed by atoms with van der Waals surface area (Å²) in [5.41, 5.74) is 0.0166. The Hall–Kier alpha value is -4.15. The van der Waals surface area contributed by atoms with Crippen molar-refractivity contribution >= 4 is 28.9 Å². The molecule has 0 bridgehead atoms. The number of nitrogens with one attached hydrogen (secondary N) is 1. The van der Waals surface area contributed by atoms with E-state index in [4.69, 9.17) is 14.0 Å². The lowest BCUT2D eigenvalue weighted by Gasteiger charge is -2.25. The number of guanidine groups is 1. The number of hydrogen-bond acceptors (Lipinski definition) is 7. The summed E-state index contributed by atoms with van der Waals surface area (Å²) >= 11 is 0. The molecule has 1 saturated heterocycles. The zero-order chi connectivity index (χ0) is 28.3. The van der Waals surface area contributed by atoms with Crippen LogP contribution in [0.1, 0.15) is 71.2 Å². The smallest absolute Gasteiger partial charge is 0.437 e. The average Bonchev–Trinajstić information content (AvgIpc) is 3.67. The van der Waals surface area contributed by atoms with Gasteiger partial charge in [0.2, 0.25) is 17.7 Å². The van der Waals surface area contributed by atoms with Crippen LogP contribution in [0.3, 0.4) is 0 Å². The minimum atomic E-state index is -1.34. The molecule has 11 heteroatoms. The largest absolute Gasteiger partial charge is 0.493 e. The minimum Gasteiger partial charge on any atom is -0.493 e. The summed E-state index contributed by atoms with van der Waals surface area (Å²) < 4.78 is 16.9. The Morgan fingerprint density at radius 2 is 1.85 bits per heavy atom. The van der Waals surface area contributed by atoms with Crippen LogP contribution in [0.25, 0.3) is 22.2 Å². The van der Waals surface area contributed by atoms with E-state index in [-0.39, 0.29) is 5.96 Å². The molecule has 2 fully saturated rings. The van der Waals surface area contributed by atoms with Gasteiger partial charge in [0.1, 0.15) is 17.4 Å². The van der Waals surface area contributed by atoms with E-state index < -0.39 is 23.8 Å². The summed E-state index contributed by atoms with van der Waals surface area (Å²) in [6.45, 7) is 6.34. The third-order valence-electron chi connectivity index (χ3n) is 7.09. The number of likely N-dealkylation sites (tertiary alicyclic amines) is 1. The number of ether oxygens (including phenoxy) is 2. The first-order valence-electron chi connectivity index (χ1n) is 13.7. The fourth-order valence-corrected chi connectivity index (χ4v) is 5.24. The maximum Gasteiger partial charge on any atom is 0.437 e. The summed E-state index contributed by atoms with van der Waals surface area (Å²) in [6.07, 6.45) is 4.19. The van der Waals surface area contributed by atoms with Crippen molar-refractivity contribution < 1.29 is 28.7 Å². The van der Waals surface area contributed by atoms with E-state index in [1.165, 1.54) is 25.7 Å². The highest BCUT2D eigenvalue weighted by Gasteiger charge is 2.35. The lowest BCUT2D eigenvalue weighted by molar-refractivity contribution is 0.0600. The fourth-order valence-electron chi connectivity index (χ4n) is 5.24. The molecule has 2 N–H and O–H groups in total. The van der Waals surface area contributed by atoms with Gasteiger partial charge in [0, 0.05) is 12.1 Å². The first-order chi connectivity index (χ1) is 19.1. The molecule has 1 unspecified atom stereocenters. The summed E-state index contributed by atoms with van der Waals surface area (Å²) in [7, 11) is 0. The molecule has 0 radical (unpaired) electrons. The molecule has 3 aromatic rings. The van der Waals surface area contributed by atoms with Gasteiger partial charge in [0.15, 0.2) is 0 Å². The zero-order valence-corrected chi connectivity index (χ0v) is 23.1. The highest BCUT2D eigenvalue weighted by Crippen LogP contribution is 2.33. The molecule has 1 atom stereocenters. The number of carboxylic acid groups (broad SMARTS) is 1. The Bertz CT molecular complexity index is 1410. The number of hydrogen-bond donors (Lipinski definition) is 2. The third kappa shape index (κ3) is 6.70. The molecule has 2 aliphatic rings. The van der Waals surface area contributed by atoms with E-state index in [0.717, 1.165) is 35.1 Å². The van der Waals surface area contributed by atoms with Crippen LogP contribution < -0.4 is 10.1 Å². The number of aromatic nitrogens is 2. The summed E-state index contributed by atoms with van der Waals surface area (Å²) in [6, 6.07) is 11.6. The number of fused-ring (bicyclic) bond motifs is 1. The number of amides is 2. The predicted octanol–water partition coefficient (Wildman–Crippen LogP) is 6.15. The normalized spacial score (nSPS) is 18.3. The lowest BCUT2D eigenvalue weighted by atomic mass is 10.1. The highest BCUT2D eigenvalue weighted by atomic mass is 16.6. The third-order valence-corrected chi connectivity index (χ3v) is 7.09. The molecule has 11 nitrogen and oxygen atoms in total. The van der Waals surface area contributed by atoms with Crippen molar-refractivity contribution in [2.24, 2.45) is 10.9 Å². The summed E-state index contributed by atoms with van der Waals surface area (Å²) in [4.78, 5) is 33.9. The van der Waals surface area contributed by atoms with Gasteiger partial charge in [-0.3, -0.25) is 5.32 Å². The number of carbonyl (C=O) groups excluding carboxylic acids is 1. The summed E-state index contributed by atoms with van der Waals surface area (Å²) in [5.74, 6) is 2.12. The van der Waals surface area contributed by atoms with Crippen LogP contribution in [-0.4, -0.2) is 57.0 Å². The zero-order valence-electron chi connectivity index (χ0n) is 23.1. The fraction of sp³-hybridized carbons (Fsp3) is 0.483. The molecule has 1 aromatic heterocycles. The van der Waals surface area contributed by atoms with Gasteiger partial charge in [-0.25, -0.2) is 9.59 Å². The number of nitrogens with zero attached hydrogens (tertiary/aromatic N) is 4. The van der Waals surface area contributed by atoms with Crippen LogP contribution in [0.5, 0.6) is 5.75 Å². The molecule has 1 saturated carbocycles. The molecule has 2 amide bonds. The maximum absolute atomic E-state index is 12.3. The standard InChI is InChI=1S/C29H35N5O6/c1-29(2,3)39-28(37)32-26(31-27(35)36)34-14-6-9-23(34)25-30-24(33-40-25)21-11-10-20-16-22(13-12-19(20)15-21)38-17-18-7-4-5-8-18/h10-13,15-16,18,23H,4-9,14,17H2,1-3H3,(H,35,36)(H,31,32,37). The van der Waals surface area contributed by atoms with E-state index in [1.807, 2.05) is 36.4 Å². The van der Waals surface area contributed by atoms with Crippen molar-refractivity contribution in [3.8, 4) is 17.1 Å². The first kappa shape index (κ1) is 27.4. The van der Waals surface area contributed by atoms with E-state index in [2.05, 4.69) is 20.4 Å². The molecule has 212 valence electrons. The molecule has 2 aromatic carbocycles. The Labute approximate surface area is 232 Å². The second-order valence-electron chi connectivity index (χ2n) is 11.3. The van der Waals surface area contributed by atoms with Gasteiger partial charge < -0.3 is 24.0 Å². The second kappa shape index (κ2) is 11.5. The van der Waals surface area contributed by atoms with Gasteiger partial charge >= 0.3 is 12.2 Å². The lowest BCUT2D eigenvalue weighted by Crippen LogP contribution is -2.44. The van der Waals surface area contributed by atoms with E-state index >= 15 is 0 Å². The Morgan fingerprint density at radius 1 is 1.10 bits per heavy atom. The van der Waals surface area contributed by atoms with Gasteiger partial charge in [-0.1, -0.05) is 36.2 Å². The number of carbonyl (C=O) groups is 2. The quantitative estimate of drug-likeness (QED) is 0.283. The van der Waals surface area contributed by atoms with Crippen LogP contribution in [0, 0.1) is 5.92 Å². The van der Waals surface area contributed by atoms with Crippen LogP contribution in [0.15, 0.2) is 45.9 Å². The van der Waals surface area contributed by atoms with E-state index in [0.29, 0.717) is 30.6 Å². The van der Waals surface area contributed by atoms with Crippen LogP contribution in [0.4, 0.5) is 9.59 Å². The molecule has 1 aliphatic heterocycles. The SMILES string of the molecule is CC(C)(C)OC(=O)N=C(NC(=O)O)N1CCCC1c1nc(-c2ccc3cc(OCC4CCCC4)ccc3c2)no1. The molecular formula is C29H35N5O6. The van der Waals surface area contributed by atoms with Crippen LogP contribution in [0.2, 0.25) is 0 Å². The molecular weight excluding hydrogens is 514 g/mol. The van der Waals surface area contributed by atoms with Gasteiger partial charge in [-0.05, 0) is 81.3 Å².